The fourth-order valence-corrected chi connectivity index (χ4v) is 3.65. The molecular formula is C26H23FN2O3. The van der Waals surface area contributed by atoms with E-state index in [1.54, 1.807) is 13.0 Å². The molecule has 0 fully saturated rings. The number of aliphatic imine (C=N–C) groups is 1. The zero-order chi connectivity index (χ0) is 22.5. The minimum atomic E-state index is -0.396. The summed E-state index contributed by atoms with van der Waals surface area (Å²) in [5.41, 5.74) is 3.96. The highest BCUT2D eigenvalue weighted by molar-refractivity contribution is 6.21. The number of carbonyl (C=O) groups excluding carboxylic acids is 1. The fraction of sp³-hybridized carbons (Fsp3) is 0.154. The van der Waals surface area contributed by atoms with Crippen LogP contribution in [0.5, 0.6) is 5.88 Å². The molecule has 0 atom stereocenters. The Balaban J connectivity index is 1.81. The number of benzene rings is 3. The zero-order valence-electron chi connectivity index (χ0n) is 17.6. The van der Waals surface area contributed by atoms with Gasteiger partial charge < -0.3 is 14.8 Å². The van der Waals surface area contributed by atoms with E-state index in [2.05, 4.69) is 4.98 Å². The largest absolute Gasteiger partial charge is 0.494 e. The van der Waals surface area contributed by atoms with E-state index in [4.69, 9.17) is 9.73 Å². The van der Waals surface area contributed by atoms with E-state index in [-0.39, 0.29) is 18.3 Å². The Hall–Kier alpha value is -3.93. The van der Waals surface area contributed by atoms with Crippen molar-refractivity contribution in [2.75, 3.05) is 6.61 Å². The predicted molar refractivity (Wildman–Crippen MR) is 123 cm³/mol. The second-order valence-corrected chi connectivity index (χ2v) is 7.34. The minimum absolute atomic E-state index is 0.0859. The molecule has 3 aromatic carbocycles. The molecule has 0 radical (unpaired) electrons. The van der Waals surface area contributed by atoms with Crippen LogP contribution in [0.1, 0.15) is 30.0 Å². The molecule has 0 unspecified atom stereocenters. The molecule has 0 aliphatic heterocycles. The maximum absolute atomic E-state index is 13.7. The summed E-state index contributed by atoms with van der Waals surface area (Å²) in [5.74, 6) is -0.725. The number of ether oxygens (including phenoxy) is 1. The van der Waals surface area contributed by atoms with Gasteiger partial charge in [0, 0.05) is 17.4 Å². The fourth-order valence-electron chi connectivity index (χ4n) is 3.65. The Labute approximate surface area is 185 Å². The summed E-state index contributed by atoms with van der Waals surface area (Å²) >= 11 is 0. The van der Waals surface area contributed by atoms with Crippen molar-refractivity contribution in [3.63, 3.8) is 0 Å². The maximum Gasteiger partial charge on any atom is 0.306 e. The van der Waals surface area contributed by atoms with Gasteiger partial charge in [0.05, 0.1) is 29.1 Å². The van der Waals surface area contributed by atoms with Crippen LogP contribution in [0.15, 0.2) is 77.8 Å². The van der Waals surface area contributed by atoms with Crippen LogP contribution >= 0.6 is 0 Å². The van der Waals surface area contributed by atoms with Crippen molar-refractivity contribution >= 4 is 28.3 Å². The average Bonchev–Trinajstić information content (AvgIpc) is 3.11. The van der Waals surface area contributed by atoms with Crippen molar-refractivity contribution in [1.82, 2.24) is 4.98 Å². The number of aromatic amines is 1. The first-order valence-corrected chi connectivity index (χ1v) is 10.4. The Morgan fingerprint density at radius 2 is 1.88 bits per heavy atom. The van der Waals surface area contributed by atoms with E-state index < -0.39 is 5.82 Å². The highest BCUT2D eigenvalue weighted by Crippen LogP contribution is 2.32. The molecular weight excluding hydrogens is 407 g/mol. The van der Waals surface area contributed by atoms with Crippen molar-refractivity contribution in [2.45, 2.75) is 19.8 Å². The summed E-state index contributed by atoms with van der Waals surface area (Å²) < 4.78 is 18.8. The predicted octanol–water partition coefficient (Wildman–Crippen LogP) is 5.68. The Morgan fingerprint density at radius 1 is 1.06 bits per heavy atom. The Bertz CT molecular complexity index is 1280. The number of nitrogens with zero attached hydrogens (tertiary/aromatic N) is 1. The molecule has 0 aliphatic carbocycles. The second-order valence-electron chi connectivity index (χ2n) is 7.34. The molecule has 6 heteroatoms. The third-order valence-electron chi connectivity index (χ3n) is 5.10. The van der Waals surface area contributed by atoms with Crippen molar-refractivity contribution in [1.29, 1.82) is 0 Å². The molecule has 2 N–H and O–H groups in total. The summed E-state index contributed by atoms with van der Waals surface area (Å²) in [4.78, 5) is 19.4. The van der Waals surface area contributed by atoms with Crippen LogP contribution in [0, 0.1) is 5.82 Å². The van der Waals surface area contributed by atoms with Gasteiger partial charge in [0.15, 0.2) is 5.88 Å². The van der Waals surface area contributed by atoms with E-state index >= 15 is 0 Å². The molecule has 0 spiro atoms. The first-order valence-electron chi connectivity index (χ1n) is 10.4. The smallest absolute Gasteiger partial charge is 0.306 e. The summed E-state index contributed by atoms with van der Waals surface area (Å²) in [7, 11) is 0. The number of esters is 1. The molecule has 1 aromatic heterocycles. The van der Waals surface area contributed by atoms with Crippen LogP contribution < -0.4 is 0 Å². The van der Waals surface area contributed by atoms with Crippen LogP contribution in [0.25, 0.3) is 10.9 Å². The number of fused-ring (bicyclic) bond motifs is 1. The van der Waals surface area contributed by atoms with Gasteiger partial charge in [0.1, 0.15) is 5.82 Å². The number of aryl methyl sites for hydroxylation is 1. The molecule has 4 aromatic rings. The highest BCUT2D eigenvalue weighted by atomic mass is 19.1. The molecule has 0 bridgehead atoms. The molecule has 162 valence electrons. The molecule has 1 heterocycles. The molecule has 0 saturated heterocycles. The normalized spacial score (nSPS) is 11.6. The van der Waals surface area contributed by atoms with Gasteiger partial charge in [-0.25, -0.2) is 9.38 Å². The molecule has 5 nitrogen and oxygen atoms in total. The zero-order valence-corrected chi connectivity index (χ0v) is 17.6. The number of H-pyrrole nitrogens is 1. The number of hydrogen-bond donors (Lipinski definition) is 2. The number of carbonyl (C=O) groups is 1. The van der Waals surface area contributed by atoms with Crippen molar-refractivity contribution < 1.29 is 19.0 Å². The minimum Gasteiger partial charge on any atom is -0.494 e. The number of hydrogen-bond acceptors (Lipinski definition) is 4. The van der Waals surface area contributed by atoms with Gasteiger partial charge in [-0.2, -0.15) is 0 Å². The van der Waals surface area contributed by atoms with Gasteiger partial charge in [-0.3, -0.25) is 4.79 Å². The molecule has 0 saturated carbocycles. The van der Waals surface area contributed by atoms with Crippen LogP contribution in [-0.4, -0.2) is 28.4 Å². The van der Waals surface area contributed by atoms with E-state index in [1.165, 1.54) is 12.1 Å². The highest BCUT2D eigenvalue weighted by Gasteiger charge is 2.19. The van der Waals surface area contributed by atoms with Gasteiger partial charge in [0.2, 0.25) is 0 Å². The van der Waals surface area contributed by atoms with E-state index in [0.717, 1.165) is 16.8 Å². The quantitative estimate of drug-likeness (QED) is 0.293. The summed E-state index contributed by atoms with van der Waals surface area (Å²) in [6.45, 7) is 2.14. The topological polar surface area (TPSA) is 74.7 Å². The van der Waals surface area contributed by atoms with Gasteiger partial charge in [-0.1, -0.05) is 36.4 Å². The summed E-state index contributed by atoms with van der Waals surface area (Å²) in [6.07, 6.45) is 0.802. The number of para-hydroxylation sites is 1. The SMILES string of the molecule is CCOC(=O)CCc1cccc(C(=Nc2ccccc2)c2c(O)[nH]c3cc(F)ccc23)c1. The Kier molecular flexibility index (Phi) is 6.31. The first kappa shape index (κ1) is 21.3. The van der Waals surface area contributed by atoms with Crippen LogP contribution in [0.2, 0.25) is 0 Å². The number of aromatic nitrogens is 1. The number of aromatic hydroxyl groups is 1. The van der Waals surface area contributed by atoms with Gasteiger partial charge >= 0.3 is 5.97 Å². The van der Waals surface area contributed by atoms with E-state index in [9.17, 15) is 14.3 Å². The van der Waals surface area contributed by atoms with E-state index in [1.807, 2.05) is 54.6 Å². The van der Waals surface area contributed by atoms with Crippen LogP contribution in [0.4, 0.5) is 10.1 Å². The lowest BCUT2D eigenvalue weighted by molar-refractivity contribution is -0.143. The first-order chi connectivity index (χ1) is 15.5. The Morgan fingerprint density at radius 3 is 2.66 bits per heavy atom. The summed E-state index contributed by atoms with van der Waals surface area (Å²) in [6, 6.07) is 21.4. The van der Waals surface area contributed by atoms with Crippen LogP contribution in [-0.2, 0) is 16.0 Å². The van der Waals surface area contributed by atoms with Crippen molar-refractivity contribution in [3.05, 3.63) is 95.3 Å². The van der Waals surface area contributed by atoms with Crippen molar-refractivity contribution in [3.8, 4) is 5.88 Å². The lowest BCUT2D eigenvalue weighted by Gasteiger charge is -2.10. The van der Waals surface area contributed by atoms with E-state index in [0.29, 0.717) is 35.2 Å². The van der Waals surface area contributed by atoms with Gasteiger partial charge in [-0.15, -0.1) is 0 Å². The lowest BCUT2D eigenvalue weighted by Crippen LogP contribution is -2.07. The standard InChI is InChI=1S/C26H23FN2O3/c1-2-32-23(30)14-11-17-7-6-8-18(15-17)25(28-20-9-4-3-5-10-20)24-21-13-12-19(27)16-22(21)29-26(24)31/h3-10,12-13,15-16,29,31H,2,11,14H2,1H3. The molecule has 4 rings (SSSR count). The lowest BCUT2D eigenvalue weighted by atomic mass is 9.97. The summed E-state index contributed by atoms with van der Waals surface area (Å²) in [5, 5.41) is 11.4. The number of rotatable bonds is 7. The van der Waals surface area contributed by atoms with Crippen molar-refractivity contribution in [2.24, 2.45) is 4.99 Å². The van der Waals surface area contributed by atoms with Gasteiger partial charge in [0.25, 0.3) is 0 Å². The molecule has 0 amide bonds. The number of nitrogens with one attached hydrogen (secondary N) is 1. The monoisotopic (exact) mass is 430 g/mol. The third-order valence-corrected chi connectivity index (χ3v) is 5.10. The third kappa shape index (κ3) is 4.70. The second kappa shape index (κ2) is 9.47. The average molecular weight is 430 g/mol. The molecule has 32 heavy (non-hydrogen) atoms. The van der Waals surface area contributed by atoms with Gasteiger partial charge in [-0.05, 0) is 55.3 Å². The van der Waals surface area contributed by atoms with Crippen LogP contribution in [0.3, 0.4) is 0 Å². The maximum atomic E-state index is 13.7. The molecule has 0 aliphatic rings. The number of halogens is 1.